The molecule has 0 radical (unpaired) electrons. The van der Waals surface area contributed by atoms with Crippen molar-refractivity contribution >= 4 is 46.3 Å². The highest BCUT2D eigenvalue weighted by atomic mass is 35.5. The highest BCUT2D eigenvalue weighted by Gasteiger charge is 2.26. The van der Waals surface area contributed by atoms with E-state index in [0.29, 0.717) is 12.2 Å². The van der Waals surface area contributed by atoms with E-state index in [0.717, 1.165) is 11.8 Å². The maximum atomic E-state index is 14.4. The van der Waals surface area contributed by atoms with Crippen molar-refractivity contribution in [3.8, 4) is 0 Å². The van der Waals surface area contributed by atoms with E-state index >= 15 is 0 Å². The molecule has 0 aliphatic carbocycles. The molecule has 0 saturated heterocycles. The minimum atomic E-state index is -1.50. The van der Waals surface area contributed by atoms with Crippen molar-refractivity contribution in [1.29, 1.82) is 0 Å². The number of hydrogen-bond donors (Lipinski definition) is 2. The quantitative estimate of drug-likeness (QED) is 0.227. The van der Waals surface area contributed by atoms with Crippen LogP contribution in [0.2, 0.25) is 10.2 Å². The standard InChI is InChI=1S/C20H16Cl2FN5O3/c1-2-14(26-12-5-3-11(4-6-12)10-28-8-7-25-27-28)15(20(30)31)18(29)16-17(23)13(21)9-24-19(16)22/h3-9,29H,2,10H2,1H3,(H,30,31). The molecule has 0 atom stereocenters. The average molecular weight is 464 g/mol. The lowest BCUT2D eigenvalue weighted by atomic mass is 10.0. The summed E-state index contributed by atoms with van der Waals surface area (Å²) in [4.78, 5) is 19.9. The number of aliphatic carboxylic acids is 1. The van der Waals surface area contributed by atoms with E-state index in [-0.39, 0.29) is 12.1 Å². The Morgan fingerprint density at radius 1 is 1.23 bits per heavy atom. The molecule has 160 valence electrons. The minimum absolute atomic E-state index is 0.0180. The van der Waals surface area contributed by atoms with Gasteiger partial charge in [0.05, 0.1) is 40.9 Å². The first-order valence-corrected chi connectivity index (χ1v) is 9.74. The summed E-state index contributed by atoms with van der Waals surface area (Å²) >= 11 is 11.6. The molecule has 0 spiro atoms. The Morgan fingerprint density at radius 3 is 2.52 bits per heavy atom. The number of aromatic nitrogens is 4. The molecule has 0 fully saturated rings. The molecule has 0 amide bonds. The van der Waals surface area contributed by atoms with Crippen LogP contribution in [0.4, 0.5) is 10.1 Å². The predicted octanol–water partition coefficient (Wildman–Crippen LogP) is 4.70. The van der Waals surface area contributed by atoms with Gasteiger partial charge in [0.15, 0.2) is 5.82 Å². The monoisotopic (exact) mass is 463 g/mol. The number of hydrogen-bond acceptors (Lipinski definition) is 6. The van der Waals surface area contributed by atoms with Crippen molar-refractivity contribution in [3.05, 3.63) is 75.5 Å². The van der Waals surface area contributed by atoms with Gasteiger partial charge in [-0.1, -0.05) is 47.5 Å². The van der Waals surface area contributed by atoms with Crippen molar-refractivity contribution in [2.75, 3.05) is 0 Å². The third-order valence-corrected chi connectivity index (χ3v) is 4.80. The Morgan fingerprint density at radius 2 is 1.94 bits per heavy atom. The maximum Gasteiger partial charge on any atom is 0.341 e. The summed E-state index contributed by atoms with van der Waals surface area (Å²) in [6, 6.07) is 6.98. The first kappa shape index (κ1) is 22.4. The van der Waals surface area contributed by atoms with Gasteiger partial charge < -0.3 is 10.2 Å². The molecule has 1 aromatic carbocycles. The molecule has 2 aromatic heterocycles. The van der Waals surface area contributed by atoms with Crippen molar-refractivity contribution in [2.45, 2.75) is 19.9 Å². The Kier molecular flexibility index (Phi) is 6.98. The Bertz CT molecular complexity index is 1160. The van der Waals surface area contributed by atoms with Crippen LogP contribution in [0, 0.1) is 5.82 Å². The summed E-state index contributed by atoms with van der Waals surface area (Å²) in [6.45, 7) is 2.16. The second-order valence-corrected chi connectivity index (χ2v) is 7.06. The number of pyridine rings is 1. The average Bonchev–Trinajstić information content (AvgIpc) is 3.24. The molecule has 3 rings (SSSR count). The number of aliphatic hydroxyl groups is 1. The van der Waals surface area contributed by atoms with Crippen molar-refractivity contribution < 1.29 is 19.4 Å². The van der Waals surface area contributed by atoms with Gasteiger partial charge in [-0.3, -0.25) is 4.99 Å². The van der Waals surface area contributed by atoms with Gasteiger partial charge in [0, 0.05) is 6.20 Å². The van der Waals surface area contributed by atoms with E-state index in [4.69, 9.17) is 23.2 Å². The fourth-order valence-electron chi connectivity index (χ4n) is 2.78. The summed E-state index contributed by atoms with van der Waals surface area (Å²) in [5.41, 5.74) is 0.194. The van der Waals surface area contributed by atoms with Crippen LogP contribution in [0.5, 0.6) is 0 Å². The molecule has 2 heterocycles. The van der Waals surface area contributed by atoms with Gasteiger partial charge in [-0.25, -0.2) is 18.9 Å². The molecule has 2 N–H and O–H groups in total. The van der Waals surface area contributed by atoms with Crippen LogP contribution in [0.3, 0.4) is 0 Å². The van der Waals surface area contributed by atoms with E-state index in [9.17, 15) is 19.4 Å². The van der Waals surface area contributed by atoms with E-state index in [1.807, 2.05) is 0 Å². The number of aliphatic imine (C=N–C) groups is 1. The largest absolute Gasteiger partial charge is 0.506 e. The van der Waals surface area contributed by atoms with E-state index in [2.05, 4.69) is 20.3 Å². The fourth-order valence-corrected chi connectivity index (χ4v) is 3.14. The molecule has 0 unspecified atom stereocenters. The molecule has 0 aliphatic heterocycles. The van der Waals surface area contributed by atoms with E-state index in [1.165, 1.54) is 0 Å². The van der Waals surface area contributed by atoms with Crippen LogP contribution in [-0.4, -0.2) is 41.9 Å². The lowest BCUT2D eigenvalue weighted by Gasteiger charge is -2.11. The number of benzene rings is 1. The molecule has 11 heteroatoms. The molecule has 31 heavy (non-hydrogen) atoms. The van der Waals surface area contributed by atoms with Crippen molar-refractivity contribution in [1.82, 2.24) is 20.0 Å². The number of rotatable bonds is 7. The second-order valence-electron chi connectivity index (χ2n) is 6.29. The lowest BCUT2D eigenvalue weighted by molar-refractivity contribution is -0.132. The number of halogens is 3. The van der Waals surface area contributed by atoms with Crippen LogP contribution >= 0.6 is 23.2 Å². The summed E-state index contributed by atoms with van der Waals surface area (Å²) < 4.78 is 16.1. The van der Waals surface area contributed by atoms with Gasteiger partial charge >= 0.3 is 5.97 Å². The number of aliphatic hydroxyl groups excluding tert-OH is 1. The molecule has 0 aliphatic rings. The topological polar surface area (TPSA) is 113 Å². The summed E-state index contributed by atoms with van der Waals surface area (Å²) in [7, 11) is 0. The van der Waals surface area contributed by atoms with Gasteiger partial charge in [-0.05, 0) is 24.1 Å². The number of carbonyl (C=O) groups is 1. The Balaban J connectivity index is 2.01. The fraction of sp³-hybridized carbons (Fsp3) is 0.150. The van der Waals surface area contributed by atoms with E-state index in [1.54, 1.807) is 48.3 Å². The highest BCUT2D eigenvalue weighted by molar-refractivity contribution is 6.34. The summed E-state index contributed by atoms with van der Waals surface area (Å²) in [6.07, 6.45) is 4.40. The Hall–Kier alpha value is -3.30. The zero-order chi connectivity index (χ0) is 22.5. The summed E-state index contributed by atoms with van der Waals surface area (Å²) in [5.74, 6) is -3.49. The smallest absolute Gasteiger partial charge is 0.341 e. The minimum Gasteiger partial charge on any atom is -0.506 e. The molecule has 8 nitrogen and oxygen atoms in total. The lowest BCUT2D eigenvalue weighted by Crippen LogP contribution is -2.15. The van der Waals surface area contributed by atoms with Gasteiger partial charge in [0.25, 0.3) is 0 Å². The number of carboxylic acids is 1. The molecular weight excluding hydrogens is 448 g/mol. The van der Waals surface area contributed by atoms with E-state index < -0.39 is 38.9 Å². The van der Waals surface area contributed by atoms with Gasteiger partial charge in [-0.2, -0.15) is 0 Å². The van der Waals surface area contributed by atoms with Gasteiger partial charge in [-0.15, -0.1) is 5.10 Å². The zero-order valence-corrected chi connectivity index (χ0v) is 17.6. The molecular formula is C20H16Cl2FN5O3. The van der Waals surface area contributed by atoms with Crippen LogP contribution in [0.25, 0.3) is 5.76 Å². The van der Waals surface area contributed by atoms with Crippen molar-refractivity contribution in [3.63, 3.8) is 0 Å². The first-order chi connectivity index (χ1) is 14.8. The van der Waals surface area contributed by atoms with Gasteiger partial charge in [0.1, 0.15) is 16.5 Å². The number of nitrogens with zero attached hydrogens (tertiary/aromatic N) is 5. The SMILES string of the molecule is CCC(=Nc1ccc(Cn2ccnn2)cc1)C(C(=O)O)=C(O)c1c(Cl)ncc(Cl)c1F. The number of carboxylic acid groups (broad SMARTS) is 1. The maximum absolute atomic E-state index is 14.4. The zero-order valence-electron chi connectivity index (χ0n) is 16.1. The normalized spacial score (nSPS) is 12.6. The van der Waals surface area contributed by atoms with Crippen molar-refractivity contribution in [2.24, 2.45) is 4.99 Å². The van der Waals surface area contributed by atoms with Crippen LogP contribution < -0.4 is 0 Å². The van der Waals surface area contributed by atoms with Crippen LogP contribution in [0.15, 0.2) is 53.4 Å². The predicted molar refractivity (Wildman–Crippen MR) is 114 cm³/mol. The molecule has 3 aromatic rings. The van der Waals surface area contributed by atoms with Crippen LogP contribution in [-0.2, 0) is 11.3 Å². The van der Waals surface area contributed by atoms with Crippen LogP contribution in [0.1, 0.15) is 24.5 Å². The highest BCUT2D eigenvalue weighted by Crippen LogP contribution is 2.31. The van der Waals surface area contributed by atoms with Gasteiger partial charge in [0.2, 0.25) is 0 Å². The Labute approximate surface area is 186 Å². The summed E-state index contributed by atoms with van der Waals surface area (Å²) in [5, 5.41) is 27.1. The second kappa shape index (κ2) is 9.67. The molecule has 0 bridgehead atoms. The first-order valence-electron chi connectivity index (χ1n) is 8.99. The molecule has 0 saturated carbocycles. The third kappa shape index (κ3) is 5.07. The third-order valence-electron chi connectivity index (χ3n) is 4.25.